The van der Waals surface area contributed by atoms with Crippen LogP contribution in [0, 0.1) is 11.8 Å². The van der Waals surface area contributed by atoms with Crippen LogP contribution < -0.4 is 4.48 Å². The highest BCUT2D eigenvalue weighted by Crippen LogP contribution is 2.36. The molecule has 0 amide bonds. The average molecular weight is 218 g/mol. The molecule has 0 aromatic heterocycles. The molecule has 1 heterocycles. The van der Waals surface area contributed by atoms with Gasteiger partial charge in [0.25, 0.3) is 0 Å². The van der Waals surface area contributed by atoms with Crippen LogP contribution in [0.5, 0.6) is 0 Å². The molecule has 1 fully saturated rings. The minimum atomic E-state index is 0.912. The van der Waals surface area contributed by atoms with E-state index in [4.69, 9.17) is 0 Å². The second-order valence-corrected chi connectivity index (χ2v) is 5.43. The van der Waals surface area contributed by atoms with Gasteiger partial charge in [-0.25, -0.2) is 0 Å². The number of hydrogen-bond acceptors (Lipinski definition) is 0. The molecule has 1 nitrogen and oxygen atoms in total. The summed E-state index contributed by atoms with van der Waals surface area (Å²) >= 11 is 0. The van der Waals surface area contributed by atoms with Crippen LogP contribution in [0.15, 0.2) is 30.3 Å². The van der Waals surface area contributed by atoms with Crippen molar-refractivity contribution >= 4 is 5.69 Å². The minimum absolute atomic E-state index is 0.912. The number of rotatable bonds is 3. The molecule has 0 saturated carbocycles. The van der Waals surface area contributed by atoms with Gasteiger partial charge in [0.05, 0.1) is 20.1 Å². The highest BCUT2D eigenvalue weighted by atomic mass is 15.4. The molecule has 88 valence electrons. The summed E-state index contributed by atoms with van der Waals surface area (Å²) in [5.41, 5.74) is 1.48. The molecular formula is C15H24N+. The molecule has 1 aromatic carbocycles. The third kappa shape index (κ3) is 2.01. The van der Waals surface area contributed by atoms with Crippen LogP contribution in [-0.4, -0.2) is 20.1 Å². The van der Waals surface area contributed by atoms with Crippen molar-refractivity contribution in [3.05, 3.63) is 30.3 Å². The van der Waals surface area contributed by atoms with E-state index in [-0.39, 0.29) is 0 Å². The van der Waals surface area contributed by atoms with E-state index in [1.807, 2.05) is 0 Å². The Balaban J connectivity index is 2.22. The fourth-order valence-corrected chi connectivity index (χ4v) is 3.33. The Kier molecular flexibility index (Phi) is 3.34. The van der Waals surface area contributed by atoms with E-state index < -0.39 is 0 Å². The zero-order valence-corrected chi connectivity index (χ0v) is 10.8. The Morgan fingerprint density at radius 2 is 1.50 bits per heavy atom. The smallest absolute Gasteiger partial charge is 0.132 e. The van der Waals surface area contributed by atoms with E-state index in [0.29, 0.717) is 0 Å². The lowest BCUT2D eigenvalue weighted by Crippen LogP contribution is -2.42. The minimum Gasteiger partial charge on any atom is -0.293 e. The van der Waals surface area contributed by atoms with Gasteiger partial charge in [0.2, 0.25) is 0 Å². The van der Waals surface area contributed by atoms with Crippen LogP contribution in [0.1, 0.15) is 26.7 Å². The van der Waals surface area contributed by atoms with E-state index in [0.717, 1.165) is 16.3 Å². The molecule has 1 heteroatoms. The molecule has 0 bridgehead atoms. The molecule has 1 aliphatic heterocycles. The Morgan fingerprint density at radius 3 is 1.94 bits per heavy atom. The first-order valence-corrected chi connectivity index (χ1v) is 6.59. The van der Waals surface area contributed by atoms with E-state index in [2.05, 4.69) is 51.2 Å². The van der Waals surface area contributed by atoms with E-state index in [1.165, 1.54) is 31.6 Å². The van der Waals surface area contributed by atoms with Gasteiger partial charge in [-0.15, -0.1) is 0 Å². The van der Waals surface area contributed by atoms with Crippen LogP contribution in [0.25, 0.3) is 0 Å². The fourth-order valence-electron chi connectivity index (χ4n) is 3.33. The summed E-state index contributed by atoms with van der Waals surface area (Å²) < 4.78 is 1.14. The van der Waals surface area contributed by atoms with Crippen LogP contribution >= 0.6 is 0 Å². The van der Waals surface area contributed by atoms with Crippen LogP contribution in [0.3, 0.4) is 0 Å². The topological polar surface area (TPSA) is 0 Å². The average Bonchev–Trinajstić information content (AvgIpc) is 2.68. The number of likely N-dealkylation sites (tertiary alicyclic amines) is 1. The summed E-state index contributed by atoms with van der Waals surface area (Å²) in [6, 6.07) is 11.0. The summed E-state index contributed by atoms with van der Waals surface area (Å²) in [6.45, 7) is 7.32. The highest BCUT2D eigenvalue weighted by Gasteiger charge is 2.41. The lowest BCUT2D eigenvalue weighted by molar-refractivity contribution is 0.382. The summed E-state index contributed by atoms with van der Waals surface area (Å²) in [7, 11) is 2.40. The van der Waals surface area contributed by atoms with Gasteiger partial charge in [-0.05, 0) is 25.0 Å². The maximum atomic E-state index is 2.40. The molecule has 0 aliphatic carbocycles. The van der Waals surface area contributed by atoms with Crippen molar-refractivity contribution in [2.75, 3.05) is 20.1 Å². The van der Waals surface area contributed by atoms with Gasteiger partial charge in [0.1, 0.15) is 5.69 Å². The predicted molar refractivity (Wildman–Crippen MR) is 71.5 cm³/mol. The monoisotopic (exact) mass is 218 g/mol. The van der Waals surface area contributed by atoms with E-state index >= 15 is 0 Å². The fraction of sp³-hybridized carbons (Fsp3) is 0.600. The van der Waals surface area contributed by atoms with E-state index in [1.54, 1.807) is 0 Å². The SMILES string of the molecule is CCC1C[N+](C)(c2ccccc2)CC1CC. The van der Waals surface area contributed by atoms with Crippen molar-refractivity contribution in [2.24, 2.45) is 11.8 Å². The van der Waals surface area contributed by atoms with Crippen molar-refractivity contribution in [1.82, 2.24) is 4.48 Å². The summed E-state index contributed by atoms with van der Waals surface area (Å²) in [5.74, 6) is 1.82. The molecule has 0 spiro atoms. The van der Waals surface area contributed by atoms with Crippen LogP contribution in [-0.2, 0) is 0 Å². The third-order valence-corrected chi connectivity index (χ3v) is 4.37. The molecule has 1 saturated heterocycles. The van der Waals surface area contributed by atoms with Gasteiger partial charge in [0, 0.05) is 11.8 Å². The van der Waals surface area contributed by atoms with Gasteiger partial charge >= 0.3 is 0 Å². The Bertz CT molecular complexity index is 319. The highest BCUT2D eigenvalue weighted by molar-refractivity contribution is 5.42. The van der Waals surface area contributed by atoms with Crippen LogP contribution in [0.2, 0.25) is 0 Å². The Morgan fingerprint density at radius 1 is 1.00 bits per heavy atom. The Hall–Kier alpha value is -0.820. The zero-order valence-electron chi connectivity index (χ0n) is 10.8. The van der Waals surface area contributed by atoms with Crippen molar-refractivity contribution in [3.63, 3.8) is 0 Å². The molecular weight excluding hydrogens is 194 g/mol. The lowest BCUT2D eigenvalue weighted by Gasteiger charge is -2.29. The van der Waals surface area contributed by atoms with Crippen molar-refractivity contribution in [2.45, 2.75) is 26.7 Å². The van der Waals surface area contributed by atoms with Crippen LogP contribution in [0.4, 0.5) is 5.69 Å². The second kappa shape index (κ2) is 4.58. The quantitative estimate of drug-likeness (QED) is 0.679. The molecule has 2 unspecified atom stereocenters. The number of benzene rings is 1. The first-order valence-electron chi connectivity index (χ1n) is 6.59. The van der Waals surface area contributed by atoms with Crippen molar-refractivity contribution in [3.8, 4) is 0 Å². The molecule has 0 radical (unpaired) electrons. The molecule has 16 heavy (non-hydrogen) atoms. The normalized spacial score (nSPS) is 34.2. The van der Waals surface area contributed by atoms with Gasteiger partial charge in [-0.1, -0.05) is 32.0 Å². The van der Waals surface area contributed by atoms with Gasteiger partial charge in [0.15, 0.2) is 0 Å². The number of para-hydroxylation sites is 1. The van der Waals surface area contributed by atoms with Crippen molar-refractivity contribution < 1.29 is 0 Å². The second-order valence-electron chi connectivity index (χ2n) is 5.43. The molecule has 0 N–H and O–H groups in total. The molecule has 2 rings (SSSR count). The molecule has 2 atom stereocenters. The molecule has 1 aromatic rings. The lowest BCUT2D eigenvalue weighted by atomic mass is 9.92. The Labute approximate surface area is 99.7 Å². The van der Waals surface area contributed by atoms with Gasteiger partial charge in [-0.2, -0.15) is 0 Å². The molecule has 1 aliphatic rings. The largest absolute Gasteiger partial charge is 0.293 e. The first kappa shape index (κ1) is 11.7. The maximum Gasteiger partial charge on any atom is 0.132 e. The zero-order chi connectivity index (χ0) is 11.6. The standard InChI is InChI=1S/C15H24N/c1-4-13-11-16(3,12-14(13)5-2)15-9-7-6-8-10-15/h6-10,13-14H,4-5,11-12H2,1-3H3/q+1. The maximum absolute atomic E-state index is 2.40. The van der Waals surface area contributed by atoms with Crippen molar-refractivity contribution in [1.29, 1.82) is 0 Å². The number of nitrogens with zero attached hydrogens (tertiary/aromatic N) is 1. The van der Waals surface area contributed by atoms with Gasteiger partial charge in [-0.3, -0.25) is 4.48 Å². The number of hydrogen-bond donors (Lipinski definition) is 0. The number of quaternary nitrogens is 1. The summed E-state index contributed by atoms with van der Waals surface area (Å²) in [5, 5.41) is 0. The third-order valence-electron chi connectivity index (χ3n) is 4.37. The summed E-state index contributed by atoms with van der Waals surface area (Å²) in [4.78, 5) is 0. The predicted octanol–water partition coefficient (Wildman–Crippen LogP) is 3.69. The first-order chi connectivity index (χ1) is 7.69. The summed E-state index contributed by atoms with van der Waals surface area (Å²) in [6.07, 6.45) is 2.67. The van der Waals surface area contributed by atoms with Gasteiger partial charge < -0.3 is 0 Å². The van der Waals surface area contributed by atoms with E-state index in [9.17, 15) is 0 Å².